The van der Waals surface area contributed by atoms with Gasteiger partial charge >= 0.3 is 0 Å². The van der Waals surface area contributed by atoms with E-state index >= 15 is 0 Å². The highest BCUT2D eigenvalue weighted by Crippen LogP contribution is 2.10. The Balaban J connectivity index is 2.09. The second-order valence-corrected chi connectivity index (χ2v) is 3.77. The Kier molecular flexibility index (Phi) is 3.22. The summed E-state index contributed by atoms with van der Waals surface area (Å²) in [6.07, 6.45) is 1.78. The predicted molar refractivity (Wildman–Crippen MR) is 66.9 cm³/mol. The minimum absolute atomic E-state index is 0.623. The minimum atomic E-state index is 0.623. The number of anilines is 2. The Hall–Kier alpha value is -2.11. The summed E-state index contributed by atoms with van der Waals surface area (Å²) in [4.78, 5) is 8.55. The summed E-state index contributed by atoms with van der Waals surface area (Å²) < 4.78 is 1.83. The van der Waals surface area contributed by atoms with E-state index in [9.17, 15) is 0 Å². The van der Waals surface area contributed by atoms with Crippen LogP contribution in [0.15, 0.2) is 18.3 Å². The fourth-order valence-corrected chi connectivity index (χ4v) is 1.53. The van der Waals surface area contributed by atoms with E-state index in [2.05, 4.69) is 25.7 Å². The standard InChI is InChI=1S/C11H16N6/c1-8-6-10(16-11(12-2)15-8)13-7-9-4-5-14-17(9)3/h4-6H,7H2,1-3H3,(H2,12,13,15,16). The SMILES string of the molecule is CNc1nc(C)cc(NCc2ccnn2C)n1. The van der Waals surface area contributed by atoms with Crippen molar-refractivity contribution in [1.29, 1.82) is 0 Å². The molecule has 2 aromatic heterocycles. The molecule has 0 saturated carbocycles. The normalized spacial score (nSPS) is 10.3. The van der Waals surface area contributed by atoms with Crippen LogP contribution in [0.3, 0.4) is 0 Å². The summed E-state index contributed by atoms with van der Waals surface area (Å²) in [5.74, 6) is 1.43. The molecule has 0 aliphatic rings. The average Bonchev–Trinajstić information content (AvgIpc) is 2.71. The molecule has 6 nitrogen and oxygen atoms in total. The summed E-state index contributed by atoms with van der Waals surface area (Å²) in [5, 5.41) is 10.3. The molecule has 0 saturated heterocycles. The Morgan fingerprint density at radius 1 is 1.35 bits per heavy atom. The van der Waals surface area contributed by atoms with E-state index in [-0.39, 0.29) is 0 Å². The lowest BCUT2D eigenvalue weighted by atomic mass is 10.4. The smallest absolute Gasteiger partial charge is 0.224 e. The summed E-state index contributed by atoms with van der Waals surface area (Å²) in [6.45, 7) is 2.63. The Labute approximate surface area is 100 Å². The van der Waals surface area contributed by atoms with Crippen LogP contribution in [0.2, 0.25) is 0 Å². The van der Waals surface area contributed by atoms with E-state index in [1.54, 1.807) is 13.2 Å². The number of hydrogen-bond donors (Lipinski definition) is 2. The van der Waals surface area contributed by atoms with Gasteiger partial charge in [-0.3, -0.25) is 4.68 Å². The molecule has 0 bridgehead atoms. The molecule has 0 fully saturated rings. The van der Waals surface area contributed by atoms with E-state index in [0.717, 1.165) is 17.2 Å². The molecule has 2 rings (SSSR count). The van der Waals surface area contributed by atoms with Crippen LogP contribution in [-0.2, 0) is 13.6 Å². The van der Waals surface area contributed by atoms with Gasteiger partial charge in [-0.15, -0.1) is 0 Å². The zero-order chi connectivity index (χ0) is 12.3. The van der Waals surface area contributed by atoms with Crippen LogP contribution in [0.1, 0.15) is 11.4 Å². The van der Waals surface area contributed by atoms with Crippen molar-refractivity contribution >= 4 is 11.8 Å². The largest absolute Gasteiger partial charge is 0.364 e. The molecule has 2 aromatic rings. The third-order valence-electron chi connectivity index (χ3n) is 2.45. The zero-order valence-corrected chi connectivity index (χ0v) is 10.2. The maximum Gasteiger partial charge on any atom is 0.224 e. The molecular formula is C11H16N6. The monoisotopic (exact) mass is 232 g/mol. The van der Waals surface area contributed by atoms with Gasteiger partial charge in [0.15, 0.2) is 0 Å². The number of nitrogens with one attached hydrogen (secondary N) is 2. The molecule has 0 unspecified atom stereocenters. The molecule has 0 aliphatic heterocycles. The predicted octanol–water partition coefficient (Wildman–Crippen LogP) is 1.17. The van der Waals surface area contributed by atoms with Gasteiger partial charge in [-0.1, -0.05) is 0 Å². The van der Waals surface area contributed by atoms with E-state index in [4.69, 9.17) is 0 Å². The van der Waals surface area contributed by atoms with Crippen molar-refractivity contribution in [2.75, 3.05) is 17.7 Å². The molecule has 2 N–H and O–H groups in total. The van der Waals surface area contributed by atoms with E-state index < -0.39 is 0 Å². The summed E-state index contributed by atoms with van der Waals surface area (Å²) in [7, 11) is 3.72. The van der Waals surface area contributed by atoms with Crippen LogP contribution in [-0.4, -0.2) is 26.8 Å². The fraction of sp³-hybridized carbons (Fsp3) is 0.364. The lowest BCUT2D eigenvalue weighted by Crippen LogP contribution is -2.08. The molecule has 17 heavy (non-hydrogen) atoms. The van der Waals surface area contributed by atoms with Crippen molar-refractivity contribution in [3.8, 4) is 0 Å². The number of hydrogen-bond acceptors (Lipinski definition) is 5. The van der Waals surface area contributed by atoms with Crippen LogP contribution >= 0.6 is 0 Å². The van der Waals surface area contributed by atoms with Crippen molar-refractivity contribution < 1.29 is 0 Å². The van der Waals surface area contributed by atoms with Gasteiger partial charge in [0.25, 0.3) is 0 Å². The molecule has 0 aromatic carbocycles. The van der Waals surface area contributed by atoms with Gasteiger partial charge in [-0.05, 0) is 13.0 Å². The highest BCUT2D eigenvalue weighted by Gasteiger charge is 2.02. The quantitative estimate of drug-likeness (QED) is 0.828. The second kappa shape index (κ2) is 4.82. The van der Waals surface area contributed by atoms with Gasteiger partial charge in [-0.25, -0.2) is 4.98 Å². The third-order valence-corrected chi connectivity index (χ3v) is 2.45. The third kappa shape index (κ3) is 2.72. The highest BCUT2D eigenvalue weighted by atomic mass is 15.3. The number of nitrogens with zero attached hydrogens (tertiary/aromatic N) is 4. The first-order chi connectivity index (χ1) is 8.19. The fourth-order valence-electron chi connectivity index (χ4n) is 1.53. The lowest BCUT2D eigenvalue weighted by Gasteiger charge is -2.08. The Bertz CT molecular complexity index is 504. The van der Waals surface area contributed by atoms with Gasteiger partial charge < -0.3 is 10.6 Å². The topological polar surface area (TPSA) is 67.7 Å². The molecule has 0 radical (unpaired) electrons. The first-order valence-electron chi connectivity index (χ1n) is 5.43. The minimum Gasteiger partial charge on any atom is -0.364 e. The van der Waals surface area contributed by atoms with Crippen LogP contribution in [0.25, 0.3) is 0 Å². The van der Waals surface area contributed by atoms with E-state index in [0.29, 0.717) is 12.5 Å². The van der Waals surface area contributed by atoms with Gasteiger partial charge in [0, 0.05) is 32.1 Å². The summed E-state index contributed by atoms with van der Waals surface area (Å²) in [6, 6.07) is 3.89. The maximum absolute atomic E-state index is 4.32. The van der Waals surface area contributed by atoms with Crippen molar-refractivity contribution in [3.63, 3.8) is 0 Å². The maximum atomic E-state index is 4.32. The first-order valence-corrected chi connectivity index (χ1v) is 5.43. The van der Waals surface area contributed by atoms with Gasteiger partial charge in [0.05, 0.1) is 12.2 Å². The summed E-state index contributed by atoms with van der Waals surface area (Å²) >= 11 is 0. The number of rotatable bonds is 4. The average molecular weight is 232 g/mol. The van der Waals surface area contributed by atoms with Gasteiger partial charge in [0.2, 0.25) is 5.95 Å². The van der Waals surface area contributed by atoms with E-state index in [1.165, 1.54) is 0 Å². The molecule has 90 valence electrons. The Morgan fingerprint density at radius 2 is 2.18 bits per heavy atom. The zero-order valence-electron chi connectivity index (χ0n) is 10.2. The van der Waals surface area contributed by atoms with Crippen molar-refractivity contribution in [2.24, 2.45) is 7.05 Å². The van der Waals surface area contributed by atoms with Gasteiger partial charge in [-0.2, -0.15) is 10.1 Å². The Morgan fingerprint density at radius 3 is 2.82 bits per heavy atom. The first kappa shape index (κ1) is 11.4. The van der Waals surface area contributed by atoms with E-state index in [1.807, 2.05) is 30.8 Å². The molecule has 2 heterocycles. The van der Waals surface area contributed by atoms with Crippen LogP contribution in [0.4, 0.5) is 11.8 Å². The van der Waals surface area contributed by atoms with Crippen molar-refractivity contribution in [1.82, 2.24) is 19.7 Å². The second-order valence-electron chi connectivity index (χ2n) is 3.77. The molecule has 6 heteroatoms. The molecule has 0 atom stereocenters. The molecule has 0 spiro atoms. The van der Waals surface area contributed by atoms with Crippen molar-refractivity contribution in [2.45, 2.75) is 13.5 Å². The van der Waals surface area contributed by atoms with Crippen LogP contribution in [0.5, 0.6) is 0 Å². The molecule has 0 amide bonds. The number of aromatic nitrogens is 4. The number of aryl methyl sites for hydroxylation is 2. The molecular weight excluding hydrogens is 216 g/mol. The van der Waals surface area contributed by atoms with Crippen LogP contribution in [0, 0.1) is 6.92 Å². The van der Waals surface area contributed by atoms with Gasteiger partial charge in [0.1, 0.15) is 5.82 Å². The molecule has 0 aliphatic carbocycles. The highest BCUT2D eigenvalue weighted by molar-refractivity contribution is 5.42. The lowest BCUT2D eigenvalue weighted by molar-refractivity contribution is 0.720. The van der Waals surface area contributed by atoms with Crippen LogP contribution < -0.4 is 10.6 Å². The van der Waals surface area contributed by atoms with Crippen molar-refractivity contribution in [3.05, 3.63) is 29.7 Å². The summed E-state index contributed by atoms with van der Waals surface area (Å²) in [5.41, 5.74) is 2.03.